The van der Waals surface area contributed by atoms with Crippen molar-refractivity contribution in [2.45, 2.75) is 53.0 Å². The molecule has 0 aliphatic heterocycles. The van der Waals surface area contributed by atoms with Crippen LogP contribution in [-0.4, -0.2) is 39.0 Å². The van der Waals surface area contributed by atoms with Gasteiger partial charge in [0, 0.05) is 39.0 Å². The van der Waals surface area contributed by atoms with E-state index < -0.39 is 0 Å². The van der Waals surface area contributed by atoms with Gasteiger partial charge in [0.25, 0.3) is 0 Å². The number of methoxy groups -OCH3 is 1. The minimum Gasteiger partial charge on any atom is -0.385 e. The Labute approximate surface area is 107 Å². The van der Waals surface area contributed by atoms with Crippen LogP contribution in [0.1, 0.15) is 47.5 Å². The van der Waals surface area contributed by atoms with E-state index in [2.05, 4.69) is 39.9 Å². The molecular weight excluding hydrogens is 214 g/mol. The number of rotatable bonds is 9. The molecule has 0 aromatic rings. The van der Waals surface area contributed by atoms with Gasteiger partial charge >= 0.3 is 0 Å². The molecule has 0 rings (SSSR count). The molecule has 0 atom stereocenters. The molecule has 104 valence electrons. The topological polar surface area (TPSA) is 30.5 Å². The fourth-order valence-corrected chi connectivity index (χ4v) is 1.35. The van der Waals surface area contributed by atoms with Crippen LogP contribution in [0.2, 0.25) is 0 Å². The summed E-state index contributed by atoms with van der Waals surface area (Å²) >= 11 is 0. The van der Waals surface area contributed by atoms with Crippen molar-refractivity contribution in [3.05, 3.63) is 0 Å². The molecule has 0 spiro atoms. The maximum atomic E-state index is 5.60. The van der Waals surface area contributed by atoms with E-state index in [1.54, 1.807) is 7.11 Å². The van der Waals surface area contributed by atoms with Gasteiger partial charge in [-0.15, -0.1) is 0 Å². The predicted octanol–water partition coefficient (Wildman–Crippen LogP) is 2.84. The second-order valence-electron chi connectivity index (χ2n) is 6.48. The van der Waals surface area contributed by atoms with E-state index in [4.69, 9.17) is 9.47 Å². The van der Waals surface area contributed by atoms with Crippen LogP contribution in [0.4, 0.5) is 0 Å². The van der Waals surface area contributed by atoms with Gasteiger partial charge < -0.3 is 14.8 Å². The van der Waals surface area contributed by atoms with E-state index in [0.29, 0.717) is 0 Å². The van der Waals surface area contributed by atoms with Crippen LogP contribution in [-0.2, 0) is 9.47 Å². The molecule has 0 aromatic heterocycles. The summed E-state index contributed by atoms with van der Waals surface area (Å²) in [7, 11) is 1.72. The summed E-state index contributed by atoms with van der Waals surface area (Å²) in [6, 6.07) is 0. The first-order valence-electron chi connectivity index (χ1n) is 6.58. The van der Waals surface area contributed by atoms with Gasteiger partial charge in [0.15, 0.2) is 0 Å². The van der Waals surface area contributed by atoms with Crippen LogP contribution in [0.25, 0.3) is 0 Å². The van der Waals surface area contributed by atoms with Gasteiger partial charge in [0.05, 0.1) is 0 Å². The zero-order valence-electron chi connectivity index (χ0n) is 12.6. The number of hydrogen-bond donors (Lipinski definition) is 1. The lowest BCUT2D eigenvalue weighted by molar-refractivity contribution is 0.0815. The van der Waals surface area contributed by atoms with Crippen LogP contribution in [0.15, 0.2) is 0 Å². The van der Waals surface area contributed by atoms with Crippen LogP contribution >= 0.6 is 0 Å². The summed E-state index contributed by atoms with van der Waals surface area (Å²) in [5.41, 5.74) is 0.477. The Bertz CT molecular complexity index is 185. The molecule has 0 aromatic carbocycles. The lowest BCUT2D eigenvalue weighted by Gasteiger charge is -2.30. The van der Waals surface area contributed by atoms with Gasteiger partial charge in [-0.3, -0.25) is 0 Å². The Morgan fingerprint density at radius 2 is 1.59 bits per heavy atom. The van der Waals surface area contributed by atoms with Crippen molar-refractivity contribution in [2.75, 3.05) is 33.5 Å². The normalized spacial score (nSPS) is 13.1. The molecule has 0 unspecified atom stereocenters. The van der Waals surface area contributed by atoms with E-state index in [-0.39, 0.29) is 11.0 Å². The minimum atomic E-state index is 0.191. The quantitative estimate of drug-likeness (QED) is 0.634. The summed E-state index contributed by atoms with van der Waals surface area (Å²) in [5.74, 6) is 0. The van der Waals surface area contributed by atoms with Gasteiger partial charge in [0.1, 0.15) is 0 Å². The van der Waals surface area contributed by atoms with Crippen LogP contribution in [0.3, 0.4) is 0 Å². The van der Waals surface area contributed by atoms with E-state index in [9.17, 15) is 0 Å². The third-order valence-electron chi connectivity index (χ3n) is 2.66. The largest absolute Gasteiger partial charge is 0.385 e. The lowest BCUT2D eigenvalue weighted by Crippen LogP contribution is -2.42. The second kappa shape index (κ2) is 8.06. The number of nitrogens with one attached hydrogen (secondary N) is 1. The first kappa shape index (κ1) is 16.9. The number of ether oxygens (including phenoxy) is 2. The van der Waals surface area contributed by atoms with Crippen molar-refractivity contribution >= 4 is 0 Å². The van der Waals surface area contributed by atoms with Crippen molar-refractivity contribution < 1.29 is 9.47 Å². The molecular formula is C14H31NO2. The molecule has 0 radical (unpaired) electrons. The first-order chi connectivity index (χ1) is 7.77. The Kier molecular flexibility index (Phi) is 8.01. The molecule has 17 heavy (non-hydrogen) atoms. The van der Waals surface area contributed by atoms with Crippen LogP contribution < -0.4 is 5.32 Å². The molecule has 3 heteroatoms. The molecule has 0 fully saturated rings. The zero-order valence-corrected chi connectivity index (χ0v) is 12.6. The third kappa shape index (κ3) is 12.1. The highest BCUT2D eigenvalue weighted by molar-refractivity contribution is 4.77. The van der Waals surface area contributed by atoms with E-state index in [1.807, 2.05) is 0 Å². The van der Waals surface area contributed by atoms with Crippen molar-refractivity contribution in [2.24, 2.45) is 5.41 Å². The average molecular weight is 245 g/mol. The fourth-order valence-electron chi connectivity index (χ4n) is 1.35. The average Bonchev–Trinajstić information content (AvgIpc) is 2.20. The zero-order chi connectivity index (χ0) is 13.4. The Balaban J connectivity index is 3.57. The van der Waals surface area contributed by atoms with E-state index in [0.717, 1.165) is 39.2 Å². The summed E-state index contributed by atoms with van der Waals surface area (Å²) in [6.45, 7) is 14.6. The van der Waals surface area contributed by atoms with Crippen molar-refractivity contribution in [1.82, 2.24) is 5.32 Å². The molecule has 3 nitrogen and oxygen atoms in total. The molecule has 0 heterocycles. The Morgan fingerprint density at radius 3 is 2.12 bits per heavy atom. The molecule has 0 amide bonds. The summed E-state index contributed by atoms with van der Waals surface area (Å²) in [5, 5.41) is 3.55. The number of hydrogen-bond acceptors (Lipinski definition) is 3. The van der Waals surface area contributed by atoms with E-state index >= 15 is 0 Å². The van der Waals surface area contributed by atoms with Crippen LogP contribution in [0.5, 0.6) is 0 Å². The highest BCUT2D eigenvalue weighted by Crippen LogP contribution is 2.20. The van der Waals surface area contributed by atoms with Gasteiger partial charge in [-0.05, 0) is 39.0 Å². The van der Waals surface area contributed by atoms with Crippen molar-refractivity contribution in [3.63, 3.8) is 0 Å². The maximum Gasteiger partial charge on any atom is 0.0487 e. The fraction of sp³-hybridized carbons (Fsp3) is 1.00. The molecule has 0 saturated heterocycles. The van der Waals surface area contributed by atoms with Crippen molar-refractivity contribution in [3.8, 4) is 0 Å². The summed E-state index contributed by atoms with van der Waals surface area (Å²) < 4.78 is 10.6. The monoisotopic (exact) mass is 245 g/mol. The molecule has 0 saturated carbocycles. The van der Waals surface area contributed by atoms with Gasteiger partial charge in [0.2, 0.25) is 0 Å². The molecule has 0 aliphatic carbocycles. The van der Waals surface area contributed by atoms with Crippen LogP contribution in [0, 0.1) is 5.41 Å². The first-order valence-corrected chi connectivity index (χ1v) is 6.58. The predicted molar refractivity (Wildman–Crippen MR) is 73.5 cm³/mol. The lowest BCUT2D eigenvalue weighted by atomic mass is 9.88. The Morgan fingerprint density at radius 1 is 0.941 bits per heavy atom. The molecule has 0 bridgehead atoms. The maximum absolute atomic E-state index is 5.60. The minimum absolute atomic E-state index is 0.191. The Hall–Kier alpha value is -0.120. The second-order valence-corrected chi connectivity index (χ2v) is 6.48. The third-order valence-corrected chi connectivity index (χ3v) is 2.66. The molecule has 0 aliphatic rings. The van der Waals surface area contributed by atoms with Gasteiger partial charge in [-0.1, -0.05) is 13.8 Å². The molecule has 1 N–H and O–H groups in total. The van der Waals surface area contributed by atoms with Gasteiger partial charge in [-0.25, -0.2) is 0 Å². The highest BCUT2D eigenvalue weighted by Gasteiger charge is 2.20. The van der Waals surface area contributed by atoms with E-state index in [1.165, 1.54) is 0 Å². The summed E-state index contributed by atoms with van der Waals surface area (Å²) in [4.78, 5) is 0. The standard InChI is InChI=1S/C14H31NO2/c1-13(2,3)15-12-14(4,5)8-11-17-10-7-9-16-6/h15H,7-12H2,1-6H3. The summed E-state index contributed by atoms with van der Waals surface area (Å²) in [6.07, 6.45) is 2.07. The smallest absolute Gasteiger partial charge is 0.0487 e. The van der Waals surface area contributed by atoms with Gasteiger partial charge in [-0.2, -0.15) is 0 Å². The SMILES string of the molecule is COCCCOCCC(C)(C)CNC(C)(C)C. The highest BCUT2D eigenvalue weighted by atomic mass is 16.5. The van der Waals surface area contributed by atoms with Crippen molar-refractivity contribution in [1.29, 1.82) is 0 Å².